The number of benzene rings is 1. The number of ether oxygens (including phenoxy) is 1. The van der Waals surface area contributed by atoms with E-state index in [4.69, 9.17) is 4.74 Å². The lowest BCUT2D eigenvalue weighted by Crippen LogP contribution is -2.35. The van der Waals surface area contributed by atoms with Gasteiger partial charge in [0, 0.05) is 43.5 Å². The molecule has 1 aromatic heterocycles. The maximum Gasteiger partial charge on any atom is 0.233 e. The van der Waals surface area contributed by atoms with Gasteiger partial charge in [0.2, 0.25) is 17.8 Å². The Hall–Kier alpha value is -2.72. The summed E-state index contributed by atoms with van der Waals surface area (Å²) in [5.41, 5.74) is 0.551. The average Bonchev–Trinajstić information content (AvgIpc) is 3.55. The molecule has 0 aliphatic carbocycles. The molecule has 0 amide bonds. The van der Waals surface area contributed by atoms with Crippen LogP contribution < -0.4 is 20.7 Å². The van der Waals surface area contributed by atoms with Crippen LogP contribution in [-0.2, 0) is 0 Å². The van der Waals surface area contributed by atoms with E-state index in [-0.39, 0.29) is 5.75 Å². The lowest BCUT2D eigenvalue weighted by molar-refractivity contribution is 0.277. The predicted octanol–water partition coefficient (Wildman–Crippen LogP) is 2.78. The zero-order chi connectivity index (χ0) is 22.8. The maximum atomic E-state index is 14.2. The molecule has 2 bridgehead atoms. The number of hydrogen-bond donors (Lipinski definition) is 3. The van der Waals surface area contributed by atoms with Crippen molar-refractivity contribution >= 4 is 23.5 Å². The van der Waals surface area contributed by atoms with Gasteiger partial charge in [0.15, 0.2) is 11.6 Å². The number of halogens is 1. The van der Waals surface area contributed by atoms with Crippen molar-refractivity contribution in [3.05, 3.63) is 24.0 Å². The molecule has 9 nitrogen and oxygen atoms in total. The number of hydrogen-bond acceptors (Lipinski definition) is 9. The topological polar surface area (TPSA) is 90.5 Å². The number of fused-ring (bicyclic) bond motifs is 2. The van der Waals surface area contributed by atoms with Gasteiger partial charge in [0.25, 0.3) is 0 Å². The molecular weight excluding hydrogens is 423 g/mol. The van der Waals surface area contributed by atoms with Crippen LogP contribution in [0.15, 0.2) is 18.2 Å². The minimum Gasteiger partial charge on any atom is -0.494 e. The van der Waals surface area contributed by atoms with E-state index < -0.39 is 5.82 Å². The second-order valence-electron chi connectivity index (χ2n) is 9.15. The summed E-state index contributed by atoms with van der Waals surface area (Å²) in [5.74, 6) is 1.83. The second kappa shape index (κ2) is 9.64. The van der Waals surface area contributed by atoms with Gasteiger partial charge in [0.05, 0.1) is 7.11 Å². The van der Waals surface area contributed by atoms with Gasteiger partial charge in [0.1, 0.15) is 0 Å². The smallest absolute Gasteiger partial charge is 0.233 e. The monoisotopic (exact) mass is 456 g/mol. The largest absolute Gasteiger partial charge is 0.494 e. The second-order valence-corrected chi connectivity index (χ2v) is 9.15. The summed E-state index contributed by atoms with van der Waals surface area (Å²) in [4.78, 5) is 18.8. The minimum absolute atomic E-state index is 0.198. The van der Waals surface area contributed by atoms with Crippen molar-refractivity contribution in [3.63, 3.8) is 0 Å². The quantitative estimate of drug-likeness (QED) is 0.527. The number of likely N-dealkylation sites (tertiary alicyclic amines) is 1. The third-order valence-corrected chi connectivity index (χ3v) is 7.09. The molecule has 3 saturated heterocycles. The van der Waals surface area contributed by atoms with E-state index in [2.05, 4.69) is 47.6 Å². The summed E-state index contributed by atoms with van der Waals surface area (Å²) in [6.07, 6.45) is 3.60. The van der Waals surface area contributed by atoms with E-state index >= 15 is 0 Å². The van der Waals surface area contributed by atoms with Crippen LogP contribution in [0.3, 0.4) is 0 Å². The molecule has 178 valence electrons. The van der Waals surface area contributed by atoms with Crippen molar-refractivity contribution in [1.29, 1.82) is 0 Å². The SMILES string of the molecule is CCN1CCCC1CNc1nc(Nc2ccc(OC)c(F)c2)nc(NC2CN3CCC2C3)n1. The van der Waals surface area contributed by atoms with Crippen LogP contribution in [0.5, 0.6) is 5.75 Å². The van der Waals surface area contributed by atoms with Crippen molar-refractivity contribution < 1.29 is 9.13 Å². The number of nitrogens with zero attached hydrogens (tertiary/aromatic N) is 5. The first-order valence-electron chi connectivity index (χ1n) is 11.9. The van der Waals surface area contributed by atoms with E-state index in [1.54, 1.807) is 12.1 Å². The number of nitrogens with one attached hydrogen (secondary N) is 3. The van der Waals surface area contributed by atoms with E-state index in [0.717, 1.165) is 32.7 Å². The molecule has 3 aliphatic rings. The third-order valence-electron chi connectivity index (χ3n) is 7.09. The molecule has 0 radical (unpaired) electrons. The van der Waals surface area contributed by atoms with E-state index in [1.165, 1.54) is 39.0 Å². The normalized spacial score (nSPS) is 26.5. The van der Waals surface area contributed by atoms with Crippen LogP contribution in [0, 0.1) is 11.7 Å². The Bertz CT molecular complexity index is 975. The number of anilines is 4. The summed E-state index contributed by atoms with van der Waals surface area (Å²) >= 11 is 0. The van der Waals surface area contributed by atoms with Crippen molar-refractivity contribution in [2.75, 3.05) is 62.3 Å². The average molecular weight is 457 g/mol. The van der Waals surface area contributed by atoms with E-state index in [9.17, 15) is 4.39 Å². The number of methoxy groups -OCH3 is 1. The van der Waals surface area contributed by atoms with Gasteiger partial charge < -0.3 is 25.6 Å². The fourth-order valence-corrected chi connectivity index (χ4v) is 5.31. The van der Waals surface area contributed by atoms with Crippen LogP contribution >= 0.6 is 0 Å². The van der Waals surface area contributed by atoms with Crippen LogP contribution in [0.25, 0.3) is 0 Å². The van der Waals surface area contributed by atoms with Crippen LogP contribution in [0.4, 0.5) is 27.9 Å². The van der Waals surface area contributed by atoms with Gasteiger partial charge >= 0.3 is 0 Å². The van der Waals surface area contributed by atoms with Crippen molar-refractivity contribution in [3.8, 4) is 5.75 Å². The third kappa shape index (κ3) is 4.96. The molecule has 2 aromatic rings. The summed E-state index contributed by atoms with van der Waals surface area (Å²) in [7, 11) is 1.45. The first-order valence-corrected chi connectivity index (χ1v) is 11.9. The number of likely N-dealkylation sites (N-methyl/N-ethyl adjacent to an activating group) is 1. The highest BCUT2D eigenvalue weighted by molar-refractivity contribution is 5.57. The summed E-state index contributed by atoms with van der Waals surface area (Å²) in [5, 5.41) is 10.1. The molecule has 4 unspecified atom stereocenters. The summed E-state index contributed by atoms with van der Waals surface area (Å²) in [6.45, 7) is 8.50. The van der Waals surface area contributed by atoms with Crippen molar-refractivity contribution in [1.82, 2.24) is 24.8 Å². The lowest BCUT2D eigenvalue weighted by Gasteiger charge is -2.24. The van der Waals surface area contributed by atoms with Crippen molar-refractivity contribution in [2.45, 2.75) is 38.3 Å². The highest BCUT2D eigenvalue weighted by Crippen LogP contribution is 2.30. The zero-order valence-electron chi connectivity index (χ0n) is 19.4. The van der Waals surface area contributed by atoms with Gasteiger partial charge in [-0.15, -0.1) is 0 Å². The fraction of sp³-hybridized carbons (Fsp3) is 0.609. The zero-order valence-corrected chi connectivity index (χ0v) is 19.4. The molecule has 4 atom stereocenters. The molecule has 5 rings (SSSR count). The molecule has 1 aromatic carbocycles. The maximum absolute atomic E-state index is 14.2. The van der Waals surface area contributed by atoms with E-state index in [1.807, 2.05) is 0 Å². The van der Waals surface area contributed by atoms with Crippen LogP contribution in [0.1, 0.15) is 26.2 Å². The minimum atomic E-state index is -0.440. The summed E-state index contributed by atoms with van der Waals surface area (Å²) in [6, 6.07) is 5.52. The highest BCUT2D eigenvalue weighted by atomic mass is 19.1. The Morgan fingerprint density at radius 3 is 2.67 bits per heavy atom. The Morgan fingerprint density at radius 1 is 1.09 bits per heavy atom. The highest BCUT2D eigenvalue weighted by Gasteiger charge is 2.38. The van der Waals surface area contributed by atoms with Gasteiger partial charge in [-0.3, -0.25) is 4.90 Å². The Balaban J connectivity index is 1.34. The Kier molecular flexibility index (Phi) is 6.45. The molecule has 4 heterocycles. The lowest BCUT2D eigenvalue weighted by atomic mass is 10.0. The summed E-state index contributed by atoms with van der Waals surface area (Å²) < 4.78 is 19.2. The van der Waals surface area contributed by atoms with E-state index in [0.29, 0.717) is 41.5 Å². The standard InChI is InChI=1S/C23H33FN8O/c1-3-32-9-4-5-17(32)12-25-21-28-22(26-16-6-7-20(33-2)18(24)11-16)30-23(29-21)27-19-14-31-10-8-15(19)13-31/h6-7,11,15,17,19H,3-5,8-10,12-14H2,1-2H3,(H3,25,26,27,28,29,30). The van der Waals surface area contributed by atoms with Gasteiger partial charge in [-0.2, -0.15) is 15.0 Å². The molecule has 3 fully saturated rings. The number of rotatable bonds is 9. The van der Waals surface area contributed by atoms with Gasteiger partial charge in [-0.1, -0.05) is 6.92 Å². The Morgan fingerprint density at radius 2 is 1.94 bits per heavy atom. The van der Waals surface area contributed by atoms with Crippen LogP contribution in [-0.4, -0.2) is 83.2 Å². The number of piperidine rings is 1. The molecule has 33 heavy (non-hydrogen) atoms. The molecule has 10 heteroatoms. The fourth-order valence-electron chi connectivity index (χ4n) is 5.31. The molecule has 0 spiro atoms. The molecular formula is C23H33FN8O. The first kappa shape index (κ1) is 22.1. The van der Waals surface area contributed by atoms with Gasteiger partial charge in [-0.05, 0) is 56.9 Å². The molecule has 3 N–H and O–H groups in total. The van der Waals surface area contributed by atoms with Gasteiger partial charge in [-0.25, -0.2) is 4.39 Å². The first-order chi connectivity index (χ1) is 16.1. The number of aromatic nitrogens is 3. The Labute approximate surface area is 194 Å². The predicted molar refractivity (Wildman–Crippen MR) is 127 cm³/mol. The molecule has 0 saturated carbocycles. The molecule has 3 aliphatic heterocycles. The van der Waals surface area contributed by atoms with Crippen molar-refractivity contribution in [2.24, 2.45) is 5.92 Å². The van der Waals surface area contributed by atoms with Crippen LogP contribution in [0.2, 0.25) is 0 Å².